The molecule has 4 rings (SSSR count). The summed E-state index contributed by atoms with van der Waals surface area (Å²) in [5.41, 5.74) is -1.04. The Hall–Kier alpha value is -3.50. The number of nitrogens with zero attached hydrogens (tertiary/aromatic N) is 2. The predicted octanol–water partition coefficient (Wildman–Crippen LogP) is 3.95. The minimum absolute atomic E-state index is 0.0793. The molecule has 1 aromatic rings. The van der Waals surface area contributed by atoms with Gasteiger partial charge >= 0.3 is 5.97 Å². The summed E-state index contributed by atoms with van der Waals surface area (Å²) in [4.78, 5) is 59.0. The molecule has 3 aliphatic rings. The van der Waals surface area contributed by atoms with Gasteiger partial charge in [-0.2, -0.15) is 0 Å². The summed E-state index contributed by atoms with van der Waals surface area (Å²) < 4.78 is 12.2. The smallest absolute Gasteiger partial charge is 0.306 e. The van der Waals surface area contributed by atoms with Crippen LogP contribution in [0.4, 0.5) is 0 Å². The van der Waals surface area contributed by atoms with Gasteiger partial charge in [-0.1, -0.05) is 56.3 Å². The SMILES string of the molecule is C=CCCC(=O)OC[C@H](NC(=O)[C@@H]1[C@@H]2CC[C@]3(O2)[C@H](C(=O)N(CC=C)C(C)(C)C)N([C@@H](CO)CC(C)C)C(=O)[C@@H]13)c1ccccc1. The Labute approximate surface area is 273 Å². The Kier molecular flexibility index (Phi) is 11.2. The number of fused-ring (bicyclic) bond motifs is 1. The number of ether oxygens (including phenoxy) is 2. The first-order chi connectivity index (χ1) is 21.8. The zero-order valence-electron chi connectivity index (χ0n) is 27.9. The van der Waals surface area contributed by atoms with Crippen molar-refractivity contribution in [3.63, 3.8) is 0 Å². The number of amides is 3. The van der Waals surface area contributed by atoms with Crippen LogP contribution in [-0.2, 0) is 28.7 Å². The van der Waals surface area contributed by atoms with E-state index in [9.17, 15) is 24.3 Å². The number of rotatable bonds is 15. The lowest BCUT2D eigenvalue weighted by Crippen LogP contribution is -2.61. The second kappa shape index (κ2) is 14.5. The van der Waals surface area contributed by atoms with Gasteiger partial charge in [0, 0.05) is 18.5 Å². The van der Waals surface area contributed by atoms with Crippen molar-refractivity contribution in [3.05, 3.63) is 61.2 Å². The lowest BCUT2D eigenvalue weighted by molar-refractivity contribution is -0.154. The molecule has 3 fully saturated rings. The molecule has 0 aromatic heterocycles. The molecule has 0 aliphatic carbocycles. The van der Waals surface area contributed by atoms with Gasteiger partial charge in [0.05, 0.1) is 36.6 Å². The first kappa shape index (κ1) is 35.4. The number of allylic oxidation sites excluding steroid dienone is 1. The lowest BCUT2D eigenvalue weighted by atomic mass is 9.70. The Morgan fingerprint density at radius 3 is 2.48 bits per heavy atom. The molecule has 2 bridgehead atoms. The summed E-state index contributed by atoms with van der Waals surface area (Å²) in [5.74, 6) is -3.03. The normalized spacial score (nSPS) is 26.4. The van der Waals surface area contributed by atoms with Gasteiger partial charge in [0.2, 0.25) is 17.7 Å². The van der Waals surface area contributed by atoms with Gasteiger partial charge in [-0.25, -0.2) is 0 Å². The molecule has 2 N–H and O–H groups in total. The van der Waals surface area contributed by atoms with Crippen LogP contribution in [0, 0.1) is 17.8 Å². The Balaban J connectivity index is 1.70. The van der Waals surface area contributed by atoms with Crippen LogP contribution in [0.5, 0.6) is 0 Å². The molecule has 0 radical (unpaired) electrons. The van der Waals surface area contributed by atoms with Crippen molar-refractivity contribution in [2.24, 2.45) is 17.8 Å². The Morgan fingerprint density at radius 1 is 1.20 bits per heavy atom. The summed E-state index contributed by atoms with van der Waals surface area (Å²) in [5, 5.41) is 13.6. The average molecular weight is 638 g/mol. The van der Waals surface area contributed by atoms with Gasteiger partial charge in [0.15, 0.2) is 0 Å². The number of nitrogens with one attached hydrogen (secondary N) is 1. The van der Waals surface area contributed by atoms with Crippen molar-refractivity contribution >= 4 is 23.7 Å². The molecular weight excluding hydrogens is 586 g/mol. The molecule has 3 aliphatic heterocycles. The highest BCUT2D eigenvalue weighted by molar-refractivity contribution is 5.99. The van der Waals surface area contributed by atoms with Crippen LogP contribution in [0.15, 0.2) is 55.6 Å². The third kappa shape index (κ3) is 6.93. The summed E-state index contributed by atoms with van der Waals surface area (Å²) in [6.45, 7) is 17.2. The van der Waals surface area contributed by atoms with Gasteiger partial charge in [-0.05, 0) is 57.9 Å². The van der Waals surface area contributed by atoms with Gasteiger partial charge in [-0.15, -0.1) is 13.2 Å². The second-order valence-corrected chi connectivity index (χ2v) is 14.2. The zero-order chi connectivity index (χ0) is 33.8. The molecule has 7 atom stereocenters. The molecule has 252 valence electrons. The van der Waals surface area contributed by atoms with Crippen LogP contribution >= 0.6 is 0 Å². The van der Waals surface area contributed by atoms with Crippen LogP contribution in [0.1, 0.15) is 78.3 Å². The molecule has 10 heteroatoms. The number of benzene rings is 1. The number of likely N-dealkylation sites (tertiary alicyclic amines) is 1. The largest absolute Gasteiger partial charge is 0.463 e. The number of aliphatic hydroxyl groups is 1. The van der Waals surface area contributed by atoms with Gasteiger partial charge < -0.3 is 29.7 Å². The maximum absolute atomic E-state index is 14.6. The highest BCUT2D eigenvalue weighted by Gasteiger charge is 2.75. The number of carbonyl (C=O) groups excluding carboxylic acids is 4. The molecule has 1 spiro atoms. The van der Waals surface area contributed by atoms with E-state index in [1.54, 1.807) is 17.1 Å². The van der Waals surface area contributed by atoms with E-state index in [-0.39, 0.29) is 43.9 Å². The molecule has 46 heavy (non-hydrogen) atoms. The van der Waals surface area contributed by atoms with Crippen molar-refractivity contribution < 1.29 is 33.8 Å². The molecular formula is C36H51N3O7. The van der Waals surface area contributed by atoms with E-state index in [0.717, 1.165) is 5.56 Å². The number of aliphatic hydroxyl groups excluding tert-OH is 1. The predicted molar refractivity (Wildman–Crippen MR) is 174 cm³/mol. The van der Waals surface area contributed by atoms with E-state index in [1.165, 1.54) is 4.90 Å². The maximum atomic E-state index is 14.6. The van der Waals surface area contributed by atoms with Gasteiger partial charge in [0.25, 0.3) is 0 Å². The summed E-state index contributed by atoms with van der Waals surface area (Å²) >= 11 is 0. The van der Waals surface area contributed by atoms with Crippen LogP contribution in [0.3, 0.4) is 0 Å². The minimum Gasteiger partial charge on any atom is -0.463 e. The van der Waals surface area contributed by atoms with Crippen molar-refractivity contribution in [2.45, 2.75) is 102 Å². The molecule has 3 heterocycles. The third-order valence-corrected chi connectivity index (χ3v) is 9.49. The minimum atomic E-state index is -1.21. The molecule has 1 aromatic carbocycles. The monoisotopic (exact) mass is 637 g/mol. The zero-order valence-corrected chi connectivity index (χ0v) is 27.9. The van der Waals surface area contributed by atoms with Crippen molar-refractivity contribution in [2.75, 3.05) is 19.8 Å². The topological polar surface area (TPSA) is 125 Å². The fraction of sp³-hybridized carbons (Fsp3) is 0.611. The number of hydrogen-bond acceptors (Lipinski definition) is 7. The van der Waals surface area contributed by atoms with E-state index in [0.29, 0.717) is 25.7 Å². The van der Waals surface area contributed by atoms with E-state index in [4.69, 9.17) is 9.47 Å². The number of hydrogen-bond donors (Lipinski definition) is 2. The van der Waals surface area contributed by atoms with E-state index >= 15 is 0 Å². The lowest BCUT2D eigenvalue weighted by Gasteiger charge is -2.43. The van der Waals surface area contributed by atoms with Crippen molar-refractivity contribution in [1.82, 2.24) is 15.1 Å². The molecule has 0 saturated carbocycles. The number of carbonyl (C=O) groups is 4. The van der Waals surface area contributed by atoms with Crippen LogP contribution in [0.25, 0.3) is 0 Å². The van der Waals surface area contributed by atoms with Crippen LogP contribution < -0.4 is 5.32 Å². The molecule has 10 nitrogen and oxygen atoms in total. The highest BCUT2D eigenvalue weighted by atomic mass is 16.5. The third-order valence-electron chi connectivity index (χ3n) is 9.49. The Bertz CT molecular complexity index is 1290. The van der Waals surface area contributed by atoms with Crippen LogP contribution in [-0.4, -0.2) is 87.7 Å². The summed E-state index contributed by atoms with van der Waals surface area (Å²) in [6, 6.07) is 6.95. The quantitative estimate of drug-likeness (QED) is 0.220. The number of esters is 1. The van der Waals surface area contributed by atoms with E-state index in [2.05, 4.69) is 18.5 Å². The van der Waals surface area contributed by atoms with Crippen LogP contribution in [0.2, 0.25) is 0 Å². The van der Waals surface area contributed by atoms with Crippen molar-refractivity contribution in [3.8, 4) is 0 Å². The standard InChI is InChI=1S/C36H51N3O7/c1-8-10-16-28(41)45-22-26(24-14-12-11-13-15-24)37-32(42)29-27-17-18-36(46-27)30(29)33(43)39(25(21-40)20-23(3)4)31(36)34(44)38(19-9-2)35(5,6)7/h8-9,11-15,23,25-27,29-31,40H,1-2,10,16-22H2,3-7H3,(H,37,42)/t25-,26+,27+,29-,30-,31+,36-/m1/s1. The molecule has 3 saturated heterocycles. The molecule has 3 amide bonds. The fourth-order valence-corrected chi connectivity index (χ4v) is 7.50. The molecule has 0 unspecified atom stereocenters. The fourth-order valence-electron chi connectivity index (χ4n) is 7.50. The first-order valence-corrected chi connectivity index (χ1v) is 16.5. The Morgan fingerprint density at radius 2 is 1.89 bits per heavy atom. The van der Waals surface area contributed by atoms with E-state index < -0.39 is 59.1 Å². The average Bonchev–Trinajstić information content (AvgIpc) is 3.66. The second-order valence-electron chi connectivity index (χ2n) is 14.2. The van der Waals surface area contributed by atoms with Crippen molar-refractivity contribution in [1.29, 1.82) is 0 Å². The van der Waals surface area contributed by atoms with Gasteiger partial charge in [0.1, 0.15) is 18.2 Å². The highest BCUT2D eigenvalue weighted by Crippen LogP contribution is 2.59. The van der Waals surface area contributed by atoms with E-state index in [1.807, 2.05) is 65.0 Å². The van der Waals surface area contributed by atoms with Gasteiger partial charge in [-0.3, -0.25) is 19.2 Å². The summed E-state index contributed by atoms with van der Waals surface area (Å²) in [6.07, 6.45) is 4.85. The summed E-state index contributed by atoms with van der Waals surface area (Å²) in [7, 11) is 0. The maximum Gasteiger partial charge on any atom is 0.306 e. The first-order valence-electron chi connectivity index (χ1n) is 16.5.